The predicted octanol–water partition coefficient (Wildman–Crippen LogP) is 2.77. The molecule has 1 aromatic heterocycles. The van der Waals surface area contributed by atoms with Crippen LogP contribution in [0, 0.1) is 0 Å². The van der Waals surface area contributed by atoms with E-state index < -0.39 is 6.36 Å². The number of nitrogens with zero attached hydrogens (tertiary/aromatic N) is 2. The summed E-state index contributed by atoms with van der Waals surface area (Å²) in [6.07, 6.45) is -4.80. The van der Waals surface area contributed by atoms with Crippen molar-refractivity contribution in [2.75, 3.05) is 12.8 Å². The van der Waals surface area contributed by atoms with Gasteiger partial charge in [-0.3, -0.25) is 0 Å². The standard InChI is InChI=1S/C13H12F3N3O2/c1-20-7-8-6-11(17)19-12(18-8)9-4-2-3-5-10(9)21-13(14,15)16/h2-6H,7H2,1H3,(H2,17,18,19). The molecule has 5 nitrogen and oxygen atoms in total. The predicted molar refractivity (Wildman–Crippen MR) is 69.3 cm³/mol. The number of hydrogen-bond donors (Lipinski definition) is 1. The van der Waals surface area contributed by atoms with E-state index in [-0.39, 0.29) is 29.6 Å². The highest BCUT2D eigenvalue weighted by Gasteiger charge is 2.32. The molecule has 0 radical (unpaired) electrons. The zero-order valence-electron chi connectivity index (χ0n) is 11.0. The Labute approximate surface area is 118 Å². The van der Waals surface area contributed by atoms with Crippen LogP contribution < -0.4 is 10.5 Å². The first-order valence-corrected chi connectivity index (χ1v) is 5.86. The Kier molecular flexibility index (Phi) is 4.27. The van der Waals surface area contributed by atoms with Crippen LogP contribution in [0.3, 0.4) is 0 Å². The number of benzene rings is 1. The second-order valence-electron chi connectivity index (χ2n) is 4.08. The zero-order chi connectivity index (χ0) is 15.5. The molecule has 0 saturated heterocycles. The first kappa shape index (κ1) is 15.0. The fraction of sp³-hybridized carbons (Fsp3) is 0.231. The summed E-state index contributed by atoms with van der Waals surface area (Å²) in [5.74, 6) is -0.213. The Balaban J connectivity index is 2.46. The van der Waals surface area contributed by atoms with Crippen molar-refractivity contribution in [3.63, 3.8) is 0 Å². The molecule has 0 aliphatic heterocycles. The van der Waals surface area contributed by atoms with E-state index >= 15 is 0 Å². The first-order valence-electron chi connectivity index (χ1n) is 5.86. The van der Waals surface area contributed by atoms with Gasteiger partial charge in [0.05, 0.1) is 17.9 Å². The van der Waals surface area contributed by atoms with Gasteiger partial charge in [-0.15, -0.1) is 13.2 Å². The van der Waals surface area contributed by atoms with E-state index in [0.29, 0.717) is 5.69 Å². The molecule has 112 valence electrons. The molecule has 0 spiro atoms. The molecule has 2 rings (SSSR count). The molecule has 0 aliphatic carbocycles. The number of hydrogen-bond acceptors (Lipinski definition) is 5. The Morgan fingerprint density at radius 1 is 1.19 bits per heavy atom. The highest BCUT2D eigenvalue weighted by molar-refractivity contribution is 5.65. The monoisotopic (exact) mass is 299 g/mol. The Morgan fingerprint density at radius 2 is 1.90 bits per heavy atom. The van der Waals surface area contributed by atoms with E-state index in [0.717, 1.165) is 0 Å². The van der Waals surface area contributed by atoms with Crippen LogP contribution in [0.4, 0.5) is 19.0 Å². The molecule has 0 bridgehead atoms. The van der Waals surface area contributed by atoms with Crippen molar-refractivity contribution in [2.45, 2.75) is 13.0 Å². The van der Waals surface area contributed by atoms with Crippen LogP contribution in [-0.4, -0.2) is 23.4 Å². The van der Waals surface area contributed by atoms with Gasteiger partial charge >= 0.3 is 6.36 Å². The number of methoxy groups -OCH3 is 1. The number of halogens is 3. The minimum absolute atomic E-state index is 0.0434. The van der Waals surface area contributed by atoms with Crippen LogP contribution in [0.15, 0.2) is 30.3 Å². The van der Waals surface area contributed by atoms with Crippen LogP contribution in [0.1, 0.15) is 5.69 Å². The highest BCUT2D eigenvalue weighted by Crippen LogP contribution is 2.32. The number of ether oxygens (including phenoxy) is 2. The number of para-hydroxylation sites is 1. The number of anilines is 1. The molecule has 0 unspecified atom stereocenters. The van der Waals surface area contributed by atoms with Crippen LogP contribution in [0.2, 0.25) is 0 Å². The van der Waals surface area contributed by atoms with E-state index in [4.69, 9.17) is 10.5 Å². The lowest BCUT2D eigenvalue weighted by molar-refractivity contribution is -0.274. The van der Waals surface area contributed by atoms with Gasteiger partial charge in [0.25, 0.3) is 0 Å². The average Bonchev–Trinajstić information content (AvgIpc) is 2.37. The van der Waals surface area contributed by atoms with Gasteiger partial charge < -0.3 is 15.2 Å². The quantitative estimate of drug-likeness (QED) is 0.940. The molecule has 0 saturated carbocycles. The Bertz CT molecular complexity index is 632. The van der Waals surface area contributed by atoms with Crippen molar-refractivity contribution in [1.29, 1.82) is 0 Å². The van der Waals surface area contributed by atoms with E-state index in [2.05, 4.69) is 14.7 Å². The molecule has 0 aliphatic rings. The van der Waals surface area contributed by atoms with E-state index in [1.807, 2.05) is 0 Å². The van der Waals surface area contributed by atoms with Crippen LogP contribution in [0.25, 0.3) is 11.4 Å². The van der Waals surface area contributed by atoms with Crippen molar-refractivity contribution in [2.24, 2.45) is 0 Å². The van der Waals surface area contributed by atoms with Gasteiger partial charge in [0.2, 0.25) is 0 Å². The molecule has 0 atom stereocenters. The summed E-state index contributed by atoms with van der Waals surface area (Å²) in [6, 6.07) is 7.08. The van der Waals surface area contributed by atoms with Crippen LogP contribution in [0.5, 0.6) is 5.75 Å². The fourth-order valence-corrected chi connectivity index (χ4v) is 1.73. The topological polar surface area (TPSA) is 70.3 Å². The van der Waals surface area contributed by atoms with E-state index in [9.17, 15) is 13.2 Å². The van der Waals surface area contributed by atoms with Crippen molar-refractivity contribution < 1.29 is 22.6 Å². The van der Waals surface area contributed by atoms with Gasteiger partial charge in [-0.25, -0.2) is 9.97 Å². The number of nitrogen functional groups attached to an aromatic ring is 1. The van der Waals surface area contributed by atoms with Gasteiger partial charge in [0.15, 0.2) is 5.82 Å². The third-order valence-corrected chi connectivity index (χ3v) is 2.44. The second-order valence-corrected chi connectivity index (χ2v) is 4.08. The van der Waals surface area contributed by atoms with Gasteiger partial charge in [-0.05, 0) is 12.1 Å². The van der Waals surface area contributed by atoms with Crippen molar-refractivity contribution in [1.82, 2.24) is 9.97 Å². The number of aromatic nitrogens is 2. The van der Waals surface area contributed by atoms with Gasteiger partial charge in [0.1, 0.15) is 11.6 Å². The molecule has 1 heterocycles. The fourth-order valence-electron chi connectivity index (χ4n) is 1.73. The highest BCUT2D eigenvalue weighted by atomic mass is 19.4. The third kappa shape index (κ3) is 4.06. The average molecular weight is 299 g/mol. The van der Waals surface area contributed by atoms with Crippen LogP contribution in [-0.2, 0) is 11.3 Å². The first-order chi connectivity index (χ1) is 9.89. The summed E-state index contributed by atoms with van der Waals surface area (Å²) in [4.78, 5) is 8.06. The molecule has 0 fully saturated rings. The third-order valence-electron chi connectivity index (χ3n) is 2.44. The minimum atomic E-state index is -4.80. The SMILES string of the molecule is COCc1cc(N)nc(-c2ccccc2OC(F)(F)F)n1. The lowest BCUT2D eigenvalue weighted by atomic mass is 10.2. The van der Waals surface area contributed by atoms with Gasteiger partial charge in [-0.2, -0.15) is 0 Å². The van der Waals surface area contributed by atoms with E-state index in [1.165, 1.54) is 31.4 Å². The van der Waals surface area contributed by atoms with E-state index in [1.54, 1.807) is 6.07 Å². The maximum Gasteiger partial charge on any atom is 0.573 e. The second kappa shape index (κ2) is 5.96. The number of alkyl halides is 3. The molecule has 0 amide bonds. The van der Waals surface area contributed by atoms with Gasteiger partial charge in [0, 0.05) is 13.2 Å². The lowest BCUT2D eigenvalue weighted by Crippen LogP contribution is -2.17. The van der Waals surface area contributed by atoms with Crippen molar-refractivity contribution >= 4 is 5.82 Å². The normalized spacial score (nSPS) is 11.4. The van der Waals surface area contributed by atoms with Gasteiger partial charge in [-0.1, -0.05) is 12.1 Å². The minimum Gasteiger partial charge on any atom is -0.405 e. The summed E-state index contributed by atoms with van der Waals surface area (Å²) in [6.45, 7) is 0.169. The molecule has 1 aromatic carbocycles. The smallest absolute Gasteiger partial charge is 0.405 e. The molecule has 2 aromatic rings. The van der Waals surface area contributed by atoms with Crippen LogP contribution >= 0.6 is 0 Å². The number of nitrogens with two attached hydrogens (primary N) is 1. The summed E-state index contributed by atoms with van der Waals surface area (Å²) < 4.78 is 46.1. The molecule has 2 N–H and O–H groups in total. The zero-order valence-corrected chi connectivity index (χ0v) is 11.0. The maximum absolute atomic E-state index is 12.4. The summed E-state index contributed by atoms with van der Waals surface area (Å²) >= 11 is 0. The van der Waals surface area contributed by atoms with Crippen molar-refractivity contribution in [3.05, 3.63) is 36.0 Å². The maximum atomic E-state index is 12.4. The number of rotatable bonds is 4. The van der Waals surface area contributed by atoms with Crippen molar-refractivity contribution in [3.8, 4) is 17.1 Å². The molecule has 8 heteroatoms. The lowest BCUT2D eigenvalue weighted by Gasteiger charge is -2.13. The molecular weight excluding hydrogens is 287 g/mol. The Morgan fingerprint density at radius 3 is 2.57 bits per heavy atom. The Hall–Kier alpha value is -2.35. The molecule has 21 heavy (non-hydrogen) atoms. The molecular formula is C13H12F3N3O2. The summed E-state index contributed by atoms with van der Waals surface area (Å²) in [7, 11) is 1.47. The largest absolute Gasteiger partial charge is 0.573 e. The summed E-state index contributed by atoms with van der Waals surface area (Å²) in [5.41, 5.74) is 6.19. The summed E-state index contributed by atoms with van der Waals surface area (Å²) in [5, 5.41) is 0.